The minimum absolute atomic E-state index is 0.135. The van der Waals surface area contributed by atoms with E-state index in [0.29, 0.717) is 11.8 Å². The predicted octanol–water partition coefficient (Wildman–Crippen LogP) is 2.32. The quantitative estimate of drug-likeness (QED) is 0.745. The first kappa shape index (κ1) is 11.9. The van der Waals surface area contributed by atoms with Crippen molar-refractivity contribution in [1.29, 1.82) is 0 Å². The fourth-order valence-electron chi connectivity index (χ4n) is 0.751. The Morgan fingerprint density at radius 2 is 2.00 bits per heavy atom. The van der Waals surface area contributed by atoms with Crippen LogP contribution in [-0.4, -0.2) is 17.8 Å². The molecule has 2 nitrogen and oxygen atoms in total. The molecule has 0 aromatic rings. The Morgan fingerprint density at radius 1 is 1.42 bits per heavy atom. The van der Waals surface area contributed by atoms with E-state index in [0.717, 1.165) is 18.3 Å². The van der Waals surface area contributed by atoms with Gasteiger partial charge in [-0.2, -0.15) is 0 Å². The van der Waals surface area contributed by atoms with Crippen molar-refractivity contribution >= 4 is 21.8 Å². The molecule has 0 aliphatic carbocycles. The molecule has 0 atom stereocenters. The molecule has 0 aliphatic heterocycles. The van der Waals surface area contributed by atoms with Crippen molar-refractivity contribution in [2.75, 3.05) is 11.9 Å². The lowest BCUT2D eigenvalue weighted by molar-refractivity contribution is -0.120. The van der Waals surface area contributed by atoms with Crippen LogP contribution in [0, 0.1) is 5.41 Å². The Morgan fingerprint density at radius 3 is 2.42 bits per heavy atom. The minimum atomic E-state index is 0.135. The van der Waals surface area contributed by atoms with Gasteiger partial charge in [0.2, 0.25) is 5.91 Å². The van der Waals surface area contributed by atoms with Crippen molar-refractivity contribution in [3.63, 3.8) is 0 Å². The average Bonchev–Trinajstić information content (AvgIpc) is 1.84. The van der Waals surface area contributed by atoms with E-state index in [9.17, 15) is 4.79 Å². The van der Waals surface area contributed by atoms with Crippen molar-refractivity contribution in [3.8, 4) is 0 Å². The van der Waals surface area contributed by atoms with Crippen LogP contribution in [0.1, 0.15) is 33.6 Å². The number of carbonyl (C=O) groups excluding carboxylic acids is 1. The van der Waals surface area contributed by atoms with Gasteiger partial charge in [-0.25, -0.2) is 0 Å². The van der Waals surface area contributed by atoms with Crippen LogP contribution >= 0.6 is 15.9 Å². The van der Waals surface area contributed by atoms with Crippen molar-refractivity contribution in [2.45, 2.75) is 33.6 Å². The molecular formula is C9H18BrNO. The van der Waals surface area contributed by atoms with Crippen molar-refractivity contribution in [1.82, 2.24) is 5.32 Å². The minimum Gasteiger partial charge on any atom is -0.356 e. The Balaban J connectivity index is 3.37. The number of nitrogens with one attached hydrogen (secondary N) is 1. The summed E-state index contributed by atoms with van der Waals surface area (Å²) in [6.07, 6.45) is 1.60. The van der Waals surface area contributed by atoms with E-state index in [1.807, 2.05) is 0 Å². The third kappa shape index (κ3) is 8.05. The highest BCUT2D eigenvalue weighted by atomic mass is 79.9. The number of carbonyl (C=O) groups is 1. The van der Waals surface area contributed by atoms with E-state index in [1.165, 1.54) is 0 Å². The van der Waals surface area contributed by atoms with Crippen LogP contribution in [0.2, 0.25) is 0 Å². The van der Waals surface area contributed by atoms with Gasteiger partial charge in [0.25, 0.3) is 0 Å². The Bertz CT molecular complexity index is 140. The van der Waals surface area contributed by atoms with E-state index < -0.39 is 0 Å². The molecule has 72 valence electrons. The van der Waals surface area contributed by atoms with Gasteiger partial charge in [0.1, 0.15) is 0 Å². The SMILES string of the molecule is CC(C)(C)CCNC(=O)CCBr. The monoisotopic (exact) mass is 235 g/mol. The molecule has 0 aromatic carbocycles. The first-order chi connectivity index (χ1) is 5.45. The topological polar surface area (TPSA) is 29.1 Å². The van der Waals surface area contributed by atoms with Gasteiger partial charge in [-0.3, -0.25) is 4.79 Å². The maximum Gasteiger partial charge on any atom is 0.220 e. The fraction of sp³-hybridized carbons (Fsp3) is 0.889. The molecule has 0 saturated heterocycles. The molecular weight excluding hydrogens is 218 g/mol. The number of alkyl halides is 1. The Kier molecular flexibility index (Phi) is 5.55. The standard InChI is InChI=1S/C9H18BrNO/c1-9(2,3)5-7-11-8(12)4-6-10/h4-7H2,1-3H3,(H,11,12). The first-order valence-electron chi connectivity index (χ1n) is 4.28. The van der Waals surface area contributed by atoms with Gasteiger partial charge in [-0.05, 0) is 11.8 Å². The summed E-state index contributed by atoms with van der Waals surface area (Å²) in [6, 6.07) is 0. The Hall–Kier alpha value is -0.0500. The molecule has 1 amide bonds. The predicted molar refractivity (Wildman–Crippen MR) is 55.5 cm³/mol. The molecule has 12 heavy (non-hydrogen) atoms. The molecule has 3 heteroatoms. The molecule has 0 bridgehead atoms. The number of hydrogen-bond acceptors (Lipinski definition) is 1. The molecule has 0 unspecified atom stereocenters. The zero-order valence-corrected chi connectivity index (χ0v) is 9.70. The average molecular weight is 236 g/mol. The molecule has 0 aliphatic rings. The molecule has 0 heterocycles. The summed E-state index contributed by atoms with van der Waals surface area (Å²) in [5.41, 5.74) is 0.307. The summed E-state index contributed by atoms with van der Waals surface area (Å²) in [5.74, 6) is 0.135. The van der Waals surface area contributed by atoms with Crippen LogP contribution in [0.15, 0.2) is 0 Å². The molecule has 1 N–H and O–H groups in total. The summed E-state index contributed by atoms with van der Waals surface area (Å²) in [7, 11) is 0. The van der Waals surface area contributed by atoms with Crippen LogP contribution < -0.4 is 5.32 Å². The largest absolute Gasteiger partial charge is 0.356 e. The highest BCUT2D eigenvalue weighted by Crippen LogP contribution is 2.16. The second kappa shape index (κ2) is 5.57. The number of halogens is 1. The highest BCUT2D eigenvalue weighted by molar-refractivity contribution is 9.09. The first-order valence-corrected chi connectivity index (χ1v) is 5.40. The second-order valence-electron chi connectivity index (χ2n) is 4.10. The van der Waals surface area contributed by atoms with Crippen molar-refractivity contribution < 1.29 is 4.79 Å². The lowest BCUT2D eigenvalue weighted by Gasteiger charge is -2.17. The van der Waals surface area contributed by atoms with Crippen LogP contribution in [0.5, 0.6) is 0 Å². The molecule has 0 spiro atoms. The van der Waals surface area contributed by atoms with Crippen LogP contribution in [0.4, 0.5) is 0 Å². The number of amides is 1. The fourth-order valence-corrected chi connectivity index (χ4v) is 1.11. The van der Waals surface area contributed by atoms with Crippen molar-refractivity contribution in [2.24, 2.45) is 5.41 Å². The molecule has 0 fully saturated rings. The van der Waals surface area contributed by atoms with Crippen LogP contribution in [-0.2, 0) is 4.79 Å². The highest BCUT2D eigenvalue weighted by Gasteiger charge is 2.09. The number of hydrogen-bond donors (Lipinski definition) is 1. The zero-order chi connectivity index (χ0) is 9.61. The van der Waals surface area contributed by atoms with Gasteiger partial charge in [-0.15, -0.1) is 0 Å². The molecule has 0 aromatic heterocycles. The summed E-state index contributed by atoms with van der Waals surface area (Å²) in [5, 5.41) is 3.62. The van der Waals surface area contributed by atoms with E-state index in [-0.39, 0.29) is 5.91 Å². The van der Waals surface area contributed by atoms with Crippen LogP contribution in [0.25, 0.3) is 0 Å². The maximum atomic E-state index is 11.0. The second-order valence-corrected chi connectivity index (χ2v) is 4.89. The van der Waals surface area contributed by atoms with Gasteiger partial charge >= 0.3 is 0 Å². The van der Waals surface area contributed by atoms with Gasteiger partial charge < -0.3 is 5.32 Å². The summed E-state index contributed by atoms with van der Waals surface area (Å²) in [4.78, 5) is 11.0. The zero-order valence-electron chi connectivity index (χ0n) is 8.11. The third-order valence-electron chi connectivity index (χ3n) is 1.52. The number of rotatable bonds is 4. The van der Waals surface area contributed by atoms with E-state index >= 15 is 0 Å². The lowest BCUT2D eigenvalue weighted by Crippen LogP contribution is -2.27. The summed E-state index contributed by atoms with van der Waals surface area (Å²) < 4.78 is 0. The van der Waals surface area contributed by atoms with Gasteiger partial charge in [0.15, 0.2) is 0 Å². The normalized spacial score (nSPS) is 11.3. The van der Waals surface area contributed by atoms with Gasteiger partial charge in [0.05, 0.1) is 0 Å². The van der Waals surface area contributed by atoms with Gasteiger partial charge in [-0.1, -0.05) is 36.7 Å². The third-order valence-corrected chi connectivity index (χ3v) is 1.92. The Labute approximate surface area is 83.2 Å². The smallest absolute Gasteiger partial charge is 0.220 e. The maximum absolute atomic E-state index is 11.0. The van der Waals surface area contributed by atoms with Crippen LogP contribution in [0.3, 0.4) is 0 Å². The van der Waals surface area contributed by atoms with E-state index in [4.69, 9.17) is 0 Å². The molecule has 0 saturated carbocycles. The van der Waals surface area contributed by atoms with E-state index in [1.54, 1.807) is 0 Å². The van der Waals surface area contributed by atoms with Gasteiger partial charge in [0, 0.05) is 18.3 Å². The lowest BCUT2D eigenvalue weighted by atomic mass is 9.92. The van der Waals surface area contributed by atoms with E-state index in [2.05, 4.69) is 42.0 Å². The summed E-state index contributed by atoms with van der Waals surface area (Å²) >= 11 is 3.22. The van der Waals surface area contributed by atoms with Crippen molar-refractivity contribution in [3.05, 3.63) is 0 Å². The summed E-state index contributed by atoms with van der Waals surface area (Å²) in [6.45, 7) is 7.30. The molecule has 0 radical (unpaired) electrons. The molecule has 0 rings (SSSR count).